The number of benzene rings is 1. The van der Waals surface area contributed by atoms with Gasteiger partial charge in [0.15, 0.2) is 5.75 Å². The quantitative estimate of drug-likeness (QED) is 0.477. The van der Waals surface area contributed by atoms with Crippen LogP contribution >= 0.6 is 0 Å². The van der Waals surface area contributed by atoms with Crippen molar-refractivity contribution in [3.8, 4) is 5.75 Å². The summed E-state index contributed by atoms with van der Waals surface area (Å²) in [6.45, 7) is 5.71. The van der Waals surface area contributed by atoms with Crippen LogP contribution in [0.25, 0.3) is 0 Å². The SMILES string of the molecule is C=C(C)CCOc1cc(C(=O)O)ccc1[N+](=O)[O-]. The van der Waals surface area contributed by atoms with Crippen LogP contribution in [0.2, 0.25) is 0 Å². The van der Waals surface area contributed by atoms with Crippen molar-refractivity contribution in [3.63, 3.8) is 0 Å². The molecule has 1 aromatic rings. The molecule has 0 saturated carbocycles. The molecule has 18 heavy (non-hydrogen) atoms. The van der Waals surface area contributed by atoms with Crippen LogP contribution in [-0.2, 0) is 0 Å². The molecule has 0 aliphatic heterocycles. The van der Waals surface area contributed by atoms with Gasteiger partial charge in [-0.2, -0.15) is 0 Å². The van der Waals surface area contributed by atoms with E-state index in [1.165, 1.54) is 6.07 Å². The Bertz CT molecular complexity index is 495. The minimum atomic E-state index is -1.16. The molecule has 0 heterocycles. The second-order valence-electron chi connectivity index (χ2n) is 3.80. The molecule has 6 heteroatoms. The van der Waals surface area contributed by atoms with Crippen LogP contribution in [0.5, 0.6) is 5.75 Å². The summed E-state index contributed by atoms with van der Waals surface area (Å²) in [5.74, 6) is -1.20. The summed E-state index contributed by atoms with van der Waals surface area (Å²) in [5, 5.41) is 19.6. The lowest BCUT2D eigenvalue weighted by Crippen LogP contribution is -2.03. The van der Waals surface area contributed by atoms with Crippen molar-refractivity contribution in [2.24, 2.45) is 0 Å². The number of aromatic carboxylic acids is 1. The number of nitro benzene ring substituents is 1. The van der Waals surface area contributed by atoms with Crippen molar-refractivity contribution < 1.29 is 19.6 Å². The van der Waals surface area contributed by atoms with Crippen LogP contribution in [0, 0.1) is 10.1 Å². The molecule has 1 N–H and O–H groups in total. The highest BCUT2D eigenvalue weighted by Crippen LogP contribution is 2.28. The first-order valence-corrected chi connectivity index (χ1v) is 5.20. The van der Waals surface area contributed by atoms with Crippen molar-refractivity contribution in [1.82, 2.24) is 0 Å². The van der Waals surface area contributed by atoms with Gasteiger partial charge in [0.2, 0.25) is 0 Å². The molecule has 0 saturated heterocycles. The van der Waals surface area contributed by atoms with Crippen LogP contribution in [0.15, 0.2) is 30.4 Å². The van der Waals surface area contributed by atoms with E-state index in [-0.39, 0.29) is 23.6 Å². The molecule has 0 unspecified atom stereocenters. The van der Waals surface area contributed by atoms with E-state index in [1.807, 2.05) is 6.92 Å². The van der Waals surface area contributed by atoms with Gasteiger partial charge in [-0.15, -0.1) is 6.58 Å². The Kier molecular flexibility index (Phi) is 4.42. The highest BCUT2D eigenvalue weighted by Gasteiger charge is 2.17. The van der Waals surface area contributed by atoms with Gasteiger partial charge in [0.05, 0.1) is 17.1 Å². The van der Waals surface area contributed by atoms with E-state index >= 15 is 0 Å². The molecular formula is C12H13NO5. The number of carbonyl (C=O) groups is 1. The number of hydrogen-bond donors (Lipinski definition) is 1. The summed E-state index contributed by atoms with van der Waals surface area (Å²) in [6.07, 6.45) is 0.550. The van der Waals surface area contributed by atoms with Crippen LogP contribution < -0.4 is 4.74 Å². The average Bonchev–Trinajstić information content (AvgIpc) is 2.27. The normalized spacial score (nSPS) is 9.83. The molecule has 6 nitrogen and oxygen atoms in total. The standard InChI is InChI=1S/C12H13NO5/c1-8(2)5-6-18-11-7-9(12(14)15)3-4-10(11)13(16)17/h3-4,7H,1,5-6H2,2H3,(H,14,15). The third-order valence-electron chi connectivity index (χ3n) is 2.19. The van der Waals surface area contributed by atoms with Crippen LogP contribution in [0.4, 0.5) is 5.69 Å². The number of hydrogen-bond acceptors (Lipinski definition) is 4. The summed E-state index contributed by atoms with van der Waals surface area (Å²) < 4.78 is 5.23. The van der Waals surface area contributed by atoms with E-state index in [4.69, 9.17) is 9.84 Å². The fourth-order valence-corrected chi connectivity index (χ4v) is 1.25. The number of carboxylic acid groups (broad SMARTS) is 1. The predicted octanol–water partition coefficient (Wildman–Crippen LogP) is 2.64. The predicted molar refractivity (Wildman–Crippen MR) is 65.0 cm³/mol. The summed E-state index contributed by atoms with van der Waals surface area (Å²) in [5.41, 5.74) is 0.583. The molecule has 0 fully saturated rings. The first-order valence-electron chi connectivity index (χ1n) is 5.20. The minimum absolute atomic E-state index is 0.0406. The molecule has 0 aliphatic rings. The number of nitrogens with zero attached hydrogens (tertiary/aromatic N) is 1. The third-order valence-corrected chi connectivity index (χ3v) is 2.19. The van der Waals surface area contributed by atoms with Crippen molar-refractivity contribution in [2.45, 2.75) is 13.3 Å². The van der Waals surface area contributed by atoms with Crippen molar-refractivity contribution in [2.75, 3.05) is 6.61 Å². The zero-order valence-electron chi connectivity index (χ0n) is 9.88. The summed E-state index contributed by atoms with van der Waals surface area (Å²) in [6, 6.07) is 3.45. The Morgan fingerprint density at radius 1 is 1.56 bits per heavy atom. The zero-order chi connectivity index (χ0) is 13.7. The Balaban J connectivity index is 2.96. The average molecular weight is 251 g/mol. The lowest BCUT2D eigenvalue weighted by molar-refractivity contribution is -0.385. The van der Waals surface area contributed by atoms with Gasteiger partial charge in [-0.05, 0) is 13.0 Å². The molecular weight excluding hydrogens is 238 g/mol. The van der Waals surface area contributed by atoms with E-state index in [1.54, 1.807) is 0 Å². The van der Waals surface area contributed by atoms with Gasteiger partial charge in [0.1, 0.15) is 0 Å². The fraction of sp³-hybridized carbons (Fsp3) is 0.250. The van der Waals surface area contributed by atoms with E-state index in [0.717, 1.165) is 17.7 Å². The fourth-order valence-electron chi connectivity index (χ4n) is 1.25. The molecule has 0 aliphatic carbocycles. The zero-order valence-corrected chi connectivity index (χ0v) is 9.88. The largest absolute Gasteiger partial charge is 0.486 e. The minimum Gasteiger partial charge on any atom is -0.486 e. The van der Waals surface area contributed by atoms with Gasteiger partial charge in [0, 0.05) is 18.6 Å². The molecule has 1 rings (SSSR count). The first kappa shape index (κ1) is 13.7. The molecule has 0 bridgehead atoms. The van der Waals surface area contributed by atoms with Gasteiger partial charge < -0.3 is 9.84 Å². The molecule has 0 aromatic heterocycles. The lowest BCUT2D eigenvalue weighted by Gasteiger charge is -2.07. The van der Waals surface area contributed by atoms with Crippen LogP contribution in [0.1, 0.15) is 23.7 Å². The van der Waals surface area contributed by atoms with Crippen molar-refractivity contribution >= 4 is 11.7 Å². The maximum atomic E-state index is 10.8. The third kappa shape index (κ3) is 3.58. The van der Waals surface area contributed by atoms with Crippen LogP contribution in [-0.4, -0.2) is 22.6 Å². The molecule has 0 spiro atoms. The molecule has 0 radical (unpaired) electrons. The summed E-state index contributed by atoms with van der Waals surface area (Å²) >= 11 is 0. The van der Waals surface area contributed by atoms with E-state index in [9.17, 15) is 14.9 Å². The first-order chi connectivity index (χ1) is 8.41. The molecule has 1 aromatic carbocycles. The number of carboxylic acids is 1. The summed E-state index contributed by atoms with van der Waals surface area (Å²) in [7, 11) is 0. The smallest absolute Gasteiger partial charge is 0.335 e. The number of ether oxygens (including phenoxy) is 1. The second kappa shape index (κ2) is 5.81. The maximum absolute atomic E-state index is 10.8. The maximum Gasteiger partial charge on any atom is 0.335 e. The lowest BCUT2D eigenvalue weighted by atomic mass is 10.2. The highest BCUT2D eigenvalue weighted by atomic mass is 16.6. The molecule has 0 amide bonds. The monoisotopic (exact) mass is 251 g/mol. The molecule has 0 atom stereocenters. The Morgan fingerprint density at radius 3 is 2.72 bits per heavy atom. The van der Waals surface area contributed by atoms with E-state index in [2.05, 4.69) is 6.58 Å². The van der Waals surface area contributed by atoms with Crippen LogP contribution in [0.3, 0.4) is 0 Å². The van der Waals surface area contributed by atoms with Gasteiger partial charge in [0.25, 0.3) is 0 Å². The Labute approximate surface area is 104 Å². The van der Waals surface area contributed by atoms with Gasteiger partial charge in [-0.3, -0.25) is 10.1 Å². The van der Waals surface area contributed by atoms with Crippen molar-refractivity contribution in [3.05, 3.63) is 46.0 Å². The van der Waals surface area contributed by atoms with Gasteiger partial charge >= 0.3 is 11.7 Å². The number of rotatable bonds is 6. The van der Waals surface area contributed by atoms with Crippen molar-refractivity contribution in [1.29, 1.82) is 0 Å². The van der Waals surface area contributed by atoms with Gasteiger partial charge in [-0.1, -0.05) is 5.57 Å². The molecule has 96 valence electrons. The van der Waals surface area contributed by atoms with E-state index < -0.39 is 10.9 Å². The highest BCUT2D eigenvalue weighted by molar-refractivity contribution is 5.88. The summed E-state index contributed by atoms with van der Waals surface area (Å²) in [4.78, 5) is 20.9. The second-order valence-corrected chi connectivity index (χ2v) is 3.80. The Hall–Kier alpha value is -2.37. The van der Waals surface area contributed by atoms with Gasteiger partial charge in [-0.25, -0.2) is 4.79 Å². The number of nitro groups is 1. The van der Waals surface area contributed by atoms with E-state index in [0.29, 0.717) is 6.42 Å². The topological polar surface area (TPSA) is 89.7 Å². The Morgan fingerprint density at radius 2 is 2.22 bits per heavy atom.